The molecule has 29 heavy (non-hydrogen) atoms. The lowest BCUT2D eigenvalue weighted by Gasteiger charge is -2.30. The van der Waals surface area contributed by atoms with E-state index in [9.17, 15) is 14.7 Å². The van der Waals surface area contributed by atoms with Gasteiger partial charge in [-0.15, -0.1) is 0 Å². The predicted molar refractivity (Wildman–Crippen MR) is 112 cm³/mol. The fourth-order valence-corrected chi connectivity index (χ4v) is 4.76. The van der Waals surface area contributed by atoms with Gasteiger partial charge in [-0.1, -0.05) is 18.2 Å². The number of hydrogen-bond donors (Lipinski definition) is 3. The van der Waals surface area contributed by atoms with Crippen molar-refractivity contribution in [2.45, 2.75) is 63.5 Å². The van der Waals surface area contributed by atoms with Crippen molar-refractivity contribution in [3.05, 3.63) is 36.0 Å². The van der Waals surface area contributed by atoms with Crippen LogP contribution in [0.5, 0.6) is 0 Å². The maximum absolute atomic E-state index is 12.5. The second-order valence-electron chi connectivity index (χ2n) is 8.56. The molecule has 1 saturated carbocycles. The number of fused-ring (bicyclic) bond motifs is 1. The number of H-pyrrole nitrogens is 1. The molecule has 1 aliphatic heterocycles. The first-order valence-corrected chi connectivity index (χ1v) is 10.9. The highest BCUT2D eigenvalue weighted by molar-refractivity contribution is 5.83. The topological polar surface area (TPSA) is 85.4 Å². The summed E-state index contributed by atoms with van der Waals surface area (Å²) in [5.41, 5.74) is 2.40. The minimum absolute atomic E-state index is 0.0512. The lowest BCUT2D eigenvalue weighted by molar-refractivity contribution is -0.136. The Kier molecular flexibility index (Phi) is 6.19. The highest BCUT2D eigenvalue weighted by Crippen LogP contribution is 2.27. The molecule has 0 unspecified atom stereocenters. The van der Waals surface area contributed by atoms with E-state index in [0.29, 0.717) is 25.9 Å². The molecule has 0 radical (unpaired) electrons. The van der Waals surface area contributed by atoms with Gasteiger partial charge in [0.2, 0.25) is 11.8 Å². The van der Waals surface area contributed by atoms with Crippen molar-refractivity contribution in [1.29, 1.82) is 0 Å². The van der Waals surface area contributed by atoms with E-state index in [2.05, 4.69) is 22.4 Å². The number of aromatic amines is 1. The summed E-state index contributed by atoms with van der Waals surface area (Å²) in [5.74, 6) is 0.350. The van der Waals surface area contributed by atoms with E-state index in [4.69, 9.17) is 0 Å². The molecule has 2 fully saturated rings. The Morgan fingerprint density at radius 1 is 1.14 bits per heavy atom. The minimum Gasteiger partial charge on any atom is -0.391 e. The van der Waals surface area contributed by atoms with Crippen LogP contribution < -0.4 is 5.32 Å². The van der Waals surface area contributed by atoms with E-state index in [1.54, 1.807) is 4.90 Å². The zero-order valence-electron chi connectivity index (χ0n) is 16.9. The van der Waals surface area contributed by atoms with Crippen molar-refractivity contribution in [3.8, 4) is 0 Å². The maximum Gasteiger partial charge on any atom is 0.225 e. The fraction of sp³-hybridized carbons (Fsp3) is 0.565. The Morgan fingerprint density at radius 3 is 2.69 bits per heavy atom. The smallest absolute Gasteiger partial charge is 0.225 e. The number of aryl methyl sites for hydroxylation is 1. The minimum atomic E-state index is -0.362. The molecule has 4 rings (SSSR count). The Morgan fingerprint density at radius 2 is 1.93 bits per heavy atom. The van der Waals surface area contributed by atoms with Crippen LogP contribution >= 0.6 is 0 Å². The number of amides is 2. The molecule has 6 heteroatoms. The number of aliphatic hydroxyl groups is 1. The summed E-state index contributed by atoms with van der Waals surface area (Å²) in [4.78, 5) is 30.0. The second kappa shape index (κ2) is 8.99. The number of carbonyl (C=O) groups excluding carboxylic acids is 2. The third-order valence-corrected chi connectivity index (χ3v) is 6.44. The Hall–Kier alpha value is -2.34. The number of β-amino-alcohol motifs (C(OH)–C–C–N with tert-alkyl or cyclic N) is 1. The molecule has 156 valence electrons. The number of rotatable bonds is 6. The van der Waals surface area contributed by atoms with Gasteiger partial charge in [0.1, 0.15) is 0 Å². The largest absolute Gasteiger partial charge is 0.391 e. The molecular weight excluding hydrogens is 366 g/mol. The Labute approximate surface area is 171 Å². The first-order chi connectivity index (χ1) is 14.1. The van der Waals surface area contributed by atoms with Gasteiger partial charge in [0.15, 0.2) is 0 Å². The predicted octanol–water partition coefficient (Wildman–Crippen LogP) is 2.76. The number of aromatic nitrogens is 1. The number of para-hydroxylation sites is 1. The second-order valence-corrected chi connectivity index (χ2v) is 8.56. The molecule has 2 aromatic rings. The molecule has 1 saturated heterocycles. The third kappa shape index (κ3) is 4.81. The summed E-state index contributed by atoms with van der Waals surface area (Å²) in [6, 6.07) is 8.43. The molecule has 1 aromatic heterocycles. The van der Waals surface area contributed by atoms with Gasteiger partial charge in [-0.2, -0.15) is 0 Å². The molecule has 0 bridgehead atoms. The van der Waals surface area contributed by atoms with E-state index < -0.39 is 0 Å². The lowest BCUT2D eigenvalue weighted by Crippen LogP contribution is -2.41. The van der Waals surface area contributed by atoms with Crippen LogP contribution in [0.3, 0.4) is 0 Å². The van der Waals surface area contributed by atoms with Crippen LogP contribution in [0.1, 0.15) is 50.5 Å². The van der Waals surface area contributed by atoms with Crippen molar-refractivity contribution in [3.63, 3.8) is 0 Å². The standard InChI is InChI=1S/C23H31N3O3/c27-19-12-13-26(15-19)23(29)16-8-10-18(11-9-16)25-22(28)7-3-4-17-14-24-21-6-2-1-5-20(17)21/h1-2,5-6,14,16,18-19,24,27H,3-4,7-13,15H2,(H,25,28)/t16?,18?,19-/m1/s1. The highest BCUT2D eigenvalue weighted by Gasteiger charge is 2.33. The molecule has 2 aliphatic rings. The lowest BCUT2D eigenvalue weighted by atomic mass is 9.85. The average molecular weight is 398 g/mol. The van der Waals surface area contributed by atoms with Crippen LogP contribution in [-0.2, 0) is 16.0 Å². The highest BCUT2D eigenvalue weighted by atomic mass is 16.3. The summed E-state index contributed by atoms with van der Waals surface area (Å²) in [6.45, 7) is 1.15. The Bertz CT molecular complexity index is 854. The zero-order chi connectivity index (χ0) is 20.2. The molecule has 0 spiro atoms. The van der Waals surface area contributed by atoms with Gasteiger partial charge in [-0.05, 0) is 56.6 Å². The number of carbonyl (C=O) groups is 2. The van der Waals surface area contributed by atoms with Crippen LogP contribution in [0.15, 0.2) is 30.5 Å². The quantitative estimate of drug-likeness (QED) is 0.701. The van der Waals surface area contributed by atoms with Crippen LogP contribution in [0.25, 0.3) is 10.9 Å². The maximum atomic E-state index is 12.5. The van der Waals surface area contributed by atoms with Crippen LogP contribution in [0, 0.1) is 5.92 Å². The summed E-state index contributed by atoms with van der Waals surface area (Å²) in [7, 11) is 0. The first kappa shape index (κ1) is 20.0. The van der Waals surface area contributed by atoms with Crippen LogP contribution in [0.4, 0.5) is 0 Å². The van der Waals surface area contributed by atoms with E-state index in [0.717, 1.165) is 44.0 Å². The first-order valence-electron chi connectivity index (χ1n) is 10.9. The summed E-state index contributed by atoms with van der Waals surface area (Å²) in [5, 5.41) is 14.0. The number of nitrogens with zero attached hydrogens (tertiary/aromatic N) is 1. The van der Waals surface area contributed by atoms with Crippen molar-refractivity contribution >= 4 is 22.7 Å². The molecule has 1 atom stereocenters. The third-order valence-electron chi connectivity index (χ3n) is 6.44. The van der Waals surface area contributed by atoms with Crippen molar-refractivity contribution in [1.82, 2.24) is 15.2 Å². The molecule has 1 aromatic carbocycles. The number of benzene rings is 1. The molecule has 6 nitrogen and oxygen atoms in total. The summed E-state index contributed by atoms with van der Waals surface area (Å²) >= 11 is 0. The van der Waals surface area contributed by atoms with Gasteiger partial charge in [-0.3, -0.25) is 9.59 Å². The number of aliphatic hydroxyl groups excluding tert-OH is 1. The molecule has 1 aliphatic carbocycles. The van der Waals surface area contributed by atoms with Gasteiger partial charge in [-0.25, -0.2) is 0 Å². The van der Waals surface area contributed by atoms with Crippen molar-refractivity contribution < 1.29 is 14.7 Å². The van der Waals surface area contributed by atoms with Gasteiger partial charge >= 0.3 is 0 Å². The normalized spacial score (nSPS) is 24.7. The van der Waals surface area contributed by atoms with Gasteiger partial charge in [0.05, 0.1) is 6.10 Å². The van der Waals surface area contributed by atoms with Gasteiger partial charge in [0.25, 0.3) is 0 Å². The van der Waals surface area contributed by atoms with Crippen molar-refractivity contribution in [2.24, 2.45) is 5.92 Å². The summed E-state index contributed by atoms with van der Waals surface area (Å²) in [6.07, 6.45) is 8.00. The molecular formula is C23H31N3O3. The Balaban J connectivity index is 1.17. The van der Waals surface area contributed by atoms with E-state index >= 15 is 0 Å². The van der Waals surface area contributed by atoms with Gasteiger partial charge < -0.3 is 20.3 Å². The van der Waals surface area contributed by atoms with Crippen LogP contribution in [-0.4, -0.2) is 52.0 Å². The number of likely N-dealkylation sites (tertiary alicyclic amines) is 1. The number of nitrogens with one attached hydrogen (secondary N) is 2. The zero-order valence-corrected chi connectivity index (χ0v) is 16.9. The number of hydrogen-bond acceptors (Lipinski definition) is 3. The molecule has 2 heterocycles. The van der Waals surface area contributed by atoms with E-state index in [-0.39, 0.29) is 29.9 Å². The SMILES string of the molecule is O=C(CCCc1c[nH]c2ccccc12)NC1CCC(C(=O)N2CC[C@@H](O)C2)CC1. The van der Waals surface area contributed by atoms with E-state index in [1.807, 2.05) is 18.3 Å². The van der Waals surface area contributed by atoms with Crippen molar-refractivity contribution in [2.75, 3.05) is 13.1 Å². The van der Waals surface area contributed by atoms with Gasteiger partial charge in [0, 0.05) is 48.6 Å². The monoisotopic (exact) mass is 397 g/mol. The molecule has 2 amide bonds. The summed E-state index contributed by atoms with van der Waals surface area (Å²) < 4.78 is 0. The van der Waals surface area contributed by atoms with Crippen LogP contribution in [0.2, 0.25) is 0 Å². The fourth-order valence-electron chi connectivity index (χ4n) is 4.76. The average Bonchev–Trinajstić information content (AvgIpc) is 3.35. The molecule has 3 N–H and O–H groups in total. The van der Waals surface area contributed by atoms with E-state index in [1.165, 1.54) is 10.9 Å².